The predicted molar refractivity (Wildman–Crippen MR) is 74.3 cm³/mol. The van der Waals surface area contributed by atoms with Gasteiger partial charge in [-0.25, -0.2) is 0 Å². The molecule has 0 saturated carbocycles. The van der Waals surface area contributed by atoms with E-state index in [9.17, 15) is 0 Å². The Morgan fingerprint density at radius 2 is 1.94 bits per heavy atom. The highest BCUT2D eigenvalue weighted by atomic mass is 15.2. The quantitative estimate of drug-likeness (QED) is 0.861. The first-order valence-electron chi connectivity index (χ1n) is 6.68. The van der Waals surface area contributed by atoms with Crippen molar-refractivity contribution in [2.75, 3.05) is 18.9 Å². The molecule has 1 aliphatic rings. The third-order valence-corrected chi connectivity index (χ3v) is 3.84. The molecule has 1 saturated heterocycles. The molecule has 1 N–H and O–H groups in total. The number of piperidine rings is 1. The fraction of sp³-hybridized carbons (Fsp3) is 0.600. The average molecular weight is 232 g/mol. The topological polar surface area (TPSA) is 15.3 Å². The van der Waals surface area contributed by atoms with E-state index in [1.165, 1.54) is 25.1 Å². The van der Waals surface area contributed by atoms with E-state index in [4.69, 9.17) is 0 Å². The Balaban J connectivity index is 1.95. The summed E-state index contributed by atoms with van der Waals surface area (Å²) in [5, 5.41) is 3.66. The molecule has 0 aromatic heterocycles. The second-order valence-electron chi connectivity index (χ2n) is 5.52. The Morgan fingerprint density at radius 3 is 2.59 bits per heavy atom. The molecular formula is C15H24N2. The zero-order valence-electron chi connectivity index (χ0n) is 11.2. The molecule has 2 rings (SSSR count). The Labute approximate surface area is 105 Å². The lowest BCUT2D eigenvalue weighted by atomic mass is 9.90. The van der Waals surface area contributed by atoms with Gasteiger partial charge in [-0.15, -0.1) is 0 Å². The predicted octanol–water partition coefficient (Wildman–Crippen LogP) is 3.22. The summed E-state index contributed by atoms with van der Waals surface area (Å²) in [5.74, 6) is 0.736. The monoisotopic (exact) mass is 232 g/mol. The fourth-order valence-electron chi connectivity index (χ4n) is 2.80. The number of likely N-dealkylation sites (tertiary alicyclic amines) is 1. The van der Waals surface area contributed by atoms with Gasteiger partial charge in [-0.1, -0.05) is 32.0 Å². The molecule has 17 heavy (non-hydrogen) atoms. The molecule has 2 heteroatoms. The summed E-state index contributed by atoms with van der Waals surface area (Å²) in [6.07, 6.45) is 2.50. The van der Waals surface area contributed by atoms with Crippen molar-refractivity contribution in [3.8, 4) is 0 Å². The molecule has 0 bridgehead atoms. The number of rotatable bonds is 3. The summed E-state index contributed by atoms with van der Waals surface area (Å²) in [6, 6.07) is 11.9. The molecule has 0 spiro atoms. The zero-order valence-corrected chi connectivity index (χ0v) is 11.2. The normalized spacial score (nSPS) is 26.1. The minimum absolute atomic E-state index is 0.626. The third-order valence-electron chi connectivity index (χ3n) is 3.84. The van der Waals surface area contributed by atoms with E-state index in [2.05, 4.69) is 61.4 Å². The Morgan fingerprint density at radius 1 is 1.24 bits per heavy atom. The number of para-hydroxylation sites is 1. The molecule has 0 aliphatic carbocycles. The molecule has 1 aromatic carbocycles. The van der Waals surface area contributed by atoms with Crippen molar-refractivity contribution in [2.24, 2.45) is 5.92 Å². The Bertz CT molecular complexity index is 334. The van der Waals surface area contributed by atoms with Gasteiger partial charge in [0, 0.05) is 24.3 Å². The lowest BCUT2D eigenvalue weighted by Gasteiger charge is -2.40. The minimum Gasteiger partial charge on any atom is -0.382 e. The number of hydrogen-bond donors (Lipinski definition) is 1. The van der Waals surface area contributed by atoms with Crippen LogP contribution in [0.1, 0.15) is 26.7 Å². The van der Waals surface area contributed by atoms with Gasteiger partial charge in [0.15, 0.2) is 0 Å². The van der Waals surface area contributed by atoms with Crippen molar-refractivity contribution in [2.45, 2.75) is 38.8 Å². The Kier molecular flexibility index (Phi) is 4.06. The molecule has 1 aliphatic heterocycles. The maximum atomic E-state index is 3.66. The van der Waals surface area contributed by atoms with Crippen molar-refractivity contribution in [3.05, 3.63) is 30.3 Å². The van der Waals surface area contributed by atoms with E-state index in [-0.39, 0.29) is 0 Å². The van der Waals surface area contributed by atoms with E-state index >= 15 is 0 Å². The summed E-state index contributed by atoms with van der Waals surface area (Å²) in [4.78, 5) is 2.51. The van der Waals surface area contributed by atoms with Crippen LogP contribution < -0.4 is 5.32 Å². The first-order valence-corrected chi connectivity index (χ1v) is 6.68. The molecule has 0 amide bonds. The SMILES string of the molecule is CC(C)[C@H]1C[C@H](Nc2ccccc2)CCN1C. The van der Waals surface area contributed by atoms with Crippen LogP contribution in [0.5, 0.6) is 0 Å². The molecular weight excluding hydrogens is 208 g/mol. The first kappa shape index (κ1) is 12.4. The van der Waals surface area contributed by atoms with Crippen LogP contribution in [-0.2, 0) is 0 Å². The van der Waals surface area contributed by atoms with Crippen LogP contribution >= 0.6 is 0 Å². The lowest BCUT2D eigenvalue weighted by Crippen LogP contribution is -2.46. The molecule has 1 heterocycles. The standard InChI is InChI=1S/C15H24N2/c1-12(2)15-11-14(9-10-17(15)3)16-13-7-5-4-6-8-13/h4-8,12,14-16H,9-11H2,1-3H3/t14-,15-/m1/s1. The van der Waals surface area contributed by atoms with Crippen LogP contribution in [0.3, 0.4) is 0 Å². The van der Waals surface area contributed by atoms with Gasteiger partial charge >= 0.3 is 0 Å². The molecule has 0 unspecified atom stereocenters. The van der Waals surface area contributed by atoms with Crippen LogP contribution in [-0.4, -0.2) is 30.6 Å². The summed E-state index contributed by atoms with van der Waals surface area (Å²) < 4.78 is 0. The highest BCUT2D eigenvalue weighted by Gasteiger charge is 2.27. The van der Waals surface area contributed by atoms with Crippen LogP contribution in [0.15, 0.2) is 30.3 Å². The summed E-state index contributed by atoms with van der Waals surface area (Å²) in [5.41, 5.74) is 1.25. The van der Waals surface area contributed by atoms with Crippen molar-refractivity contribution in [1.82, 2.24) is 4.90 Å². The lowest BCUT2D eigenvalue weighted by molar-refractivity contribution is 0.136. The molecule has 0 radical (unpaired) electrons. The van der Waals surface area contributed by atoms with Gasteiger partial charge in [0.2, 0.25) is 0 Å². The first-order chi connectivity index (χ1) is 8.16. The molecule has 1 aromatic rings. The van der Waals surface area contributed by atoms with E-state index < -0.39 is 0 Å². The summed E-state index contributed by atoms with van der Waals surface area (Å²) in [7, 11) is 2.25. The van der Waals surface area contributed by atoms with Crippen LogP contribution in [0.4, 0.5) is 5.69 Å². The van der Waals surface area contributed by atoms with Crippen molar-refractivity contribution in [3.63, 3.8) is 0 Å². The maximum absolute atomic E-state index is 3.66. The molecule has 1 fully saturated rings. The molecule has 2 nitrogen and oxygen atoms in total. The van der Waals surface area contributed by atoms with Gasteiger partial charge in [0.05, 0.1) is 0 Å². The highest BCUT2D eigenvalue weighted by molar-refractivity contribution is 5.43. The van der Waals surface area contributed by atoms with E-state index in [1.54, 1.807) is 0 Å². The summed E-state index contributed by atoms with van der Waals surface area (Å²) >= 11 is 0. The zero-order chi connectivity index (χ0) is 12.3. The number of nitrogens with one attached hydrogen (secondary N) is 1. The molecule has 94 valence electrons. The van der Waals surface area contributed by atoms with Crippen LogP contribution in [0, 0.1) is 5.92 Å². The van der Waals surface area contributed by atoms with E-state index in [1.807, 2.05) is 0 Å². The van der Waals surface area contributed by atoms with Gasteiger partial charge in [-0.2, -0.15) is 0 Å². The number of anilines is 1. The smallest absolute Gasteiger partial charge is 0.0342 e. The van der Waals surface area contributed by atoms with Crippen molar-refractivity contribution in [1.29, 1.82) is 0 Å². The van der Waals surface area contributed by atoms with E-state index in [0.717, 1.165) is 5.92 Å². The second kappa shape index (κ2) is 5.54. The second-order valence-corrected chi connectivity index (χ2v) is 5.52. The number of nitrogens with zero attached hydrogens (tertiary/aromatic N) is 1. The average Bonchev–Trinajstić information content (AvgIpc) is 2.32. The van der Waals surface area contributed by atoms with Crippen LogP contribution in [0.25, 0.3) is 0 Å². The van der Waals surface area contributed by atoms with Gasteiger partial charge in [-0.05, 0) is 37.9 Å². The van der Waals surface area contributed by atoms with Crippen LogP contribution in [0.2, 0.25) is 0 Å². The van der Waals surface area contributed by atoms with Crippen molar-refractivity contribution >= 4 is 5.69 Å². The molecule has 2 atom stereocenters. The van der Waals surface area contributed by atoms with Gasteiger partial charge in [0.25, 0.3) is 0 Å². The van der Waals surface area contributed by atoms with E-state index in [0.29, 0.717) is 12.1 Å². The van der Waals surface area contributed by atoms with Gasteiger partial charge < -0.3 is 10.2 Å². The number of hydrogen-bond acceptors (Lipinski definition) is 2. The minimum atomic E-state index is 0.626. The fourth-order valence-corrected chi connectivity index (χ4v) is 2.80. The Hall–Kier alpha value is -1.02. The summed E-state index contributed by atoms with van der Waals surface area (Å²) in [6.45, 7) is 5.85. The largest absolute Gasteiger partial charge is 0.382 e. The van der Waals surface area contributed by atoms with Crippen molar-refractivity contribution < 1.29 is 0 Å². The highest BCUT2D eigenvalue weighted by Crippen LogP contribution is 2.24. The number of benzene rings is 1. The maximum Gasteiger partial charge on any atom is 0.0342 e. The third kappa shape index (κ3) is 3.22. The van der Waals surface area contributed by atoms with Gasteiger partial charge in [-0.3, -0.25) is 0 Å². The van der Waals surface area contributed by atoms with Gasteiger partial charge in [0.1, 0.15) is 0 Å².